The Kier molecular flexibility index (Phi) is 5.05. The molecule has 0 spiro atoms. The SMILES string of the molecule is CN(CCC(=O)O)Cc1nc(CC(=O)O)cs1. The predicted molar refractivity (Wildman–Crippen MR) is 62.0 cm³/mol. The van der Waals surface area contributed by atoms with E-state index in [4.69, 9.17) is 10.2 Å². The molecular weight excluding hydrogens is 244 g/mol. The molecule has 1 rings (SSSR count). The summed E-state index contributed by atoms with van der Waals surface area (Å²) in [7, 11) is 1.81. The second-order valence-corrected chi connectivity index (χ2v) is 4.63. The summed E-state index contributed by atoms with van der Waals surface area (Å²) >= 11 is 1.39. The summed E-state index contributed by atoms with van der Waals surface area (Å²) in [6.07, 6.45) is 0.0131. The van der Waals surface area contributed by atoms with E-state index in [-0.39, 0.29) is 12.8 Å². The van der Waals surface area contributed by atoms with Crippen LogP contribution in [-0.2, 0) is 22.6 Å². The molecule has 0 aromatic carbocycles. The molecule has 1 heterocycles. The second kappa shape index (κ2) is 6.31. The Hall–Kier alpha value is -1.47. The largest absolute Gasteiger partial charge is 0.481 e. The van der Waals surface area contributed by atoms with Gasteiger partial charge in [-0.1, -0.05) is 0 Å². The fraction of sp³-hybridized carbons (Fsp3) is 0.500. The lowest BCUT2D eigenvalue weighted by Crippen LogP contribution is -2.21. The van der Waals surface area contributed by atoms with E-state index >= 15 is 0 Å². The molecule has 0 radical (unpaired) electrons. The van der Waals surface area contributed by atoms with Crippen LogP contribution in [0, 0.1) is 0 Å². The Bertz CT molecular complexity index is 405. The Labute approximate surface area is 103 Å². The lowest BCUT2D eigenvalue weighted by molar-refractivity contribution is -0.138. The number of carboxylic acid groups (broad SMARTS) is 2. The maximum atomic E-state index is 10.5. The number of carboxylic acids is 2. The number of aromatic nitrogens is 1. The summed E-state index contributed by atoms with van der Waals surface area (Å²) < 4.78 is 0. The van der Waals surface area contributed by atoms with Crippen LogP contribution in [0.1, 0.15) is 17.1 Å². The molecule has 1 aromatic rings. The first-order chi connectivity index (χ1) is 7.97. The molecule has 1 aromatic heterocycles. The highest BCUT2D eigenvalue weighted by Crippen LogP contribution is 2.12. The van der Waals surface area contributed by atoms with E-state index in [1.54, 1.807) is 12.4 Å². The zero-order chi connectivity index (χ0) is 12.8. The summed E-state index contributed by atoms with van der Waals surface area (Å²) in [6.45, 7) is 0.987. The summed E-state index contributed by atoms with van der Waals surface area (Å²) in [5, 5.41) is 19.6. The minimum Gasteiger partial charge on any atom is -0.481 e. The van der Waals surface area contributed by atoms with Gasteiger partial charge in [0.15, 0.2) is 0 Å². The highest BCUT2D eigenvalue weighted by atomic mass is 32.1. The van der Waals surface area contributed by atoms with Crippen molar-refractivity contribution in [2.75, 3.05) is 13.6 Å². The van der Waals surface area contributed by atoms with Gasteiger partial charge >= 0.3 is 11.9 Å². The topological polar surface area (TPSA) is 90.7 Å². The molecule has 17 heavy (non-hydrogen) atoms. The number of hydrogen-bond donors (Lipinski definition) is 2. The number of carbonyl (C=O) groups is 2. The van der Waals surface area contributed by atoms with Gasteiger partial charge in [-0.25, -0.2) is 4.98 Å². The van der Waals surface area contributed by atoms with E-state index in [0.29, 0.717) is 18.8 Å². The molecule has 0 amide bonds. The minimum absolute atomic E-state index is 0.0741. The van der Waals surface area contributed by atoms with Crippen molar-refractivity contribution < 1.29 is 19.8 Å². The summed E-state index contributed by atoms with van der Waals surface area (Å²) in [6, 6.07) is 0. The number of aliphatic carboxylic acids is 2. The number of hydrogen-bond acceptors (Lipinski definition) is 5. The third kappa shape index (κ3) is 5.41. The van der Waals surface area contributed by atoms with Gasteiger partial charge in [-0.2, -0.15) is 0 Å². The average molecular weight is 258 g/mol. The summed E-state index contributed by atoms with van der Waals surface area (Å²) in [5.41, 5.74) is 0.545. The summed E-state index contributed by atoms with van der Waals surface area (Å²) in [4.78, 5) is 26.9. The Morgan fingerprint density at radius 3 is 2.71 bits per heavy atom. The molecule has 0 saturated carbocycles. The van der Waals surface area contributed by atoms with Crippen molar-refractivity contribution in [3.05, 3.63) is 16.1 Å². The molecule has 0 saturated heterocycles. The molecule has 6 nitrogen and oxygen atoms in total. The van der Waals surface area contributed by atoms with Gasteiger partial charge in [0.1, 0.15) is 5.01 Å². The van der Waals surface area contributed by atoms with Gasteiger partial charge in [0.05, 0.1) is 25.1 Å². The maximum Gasteiger partial charge on any atom is 0.309 e. The van der Waals surface area contributed by atoms with E-state index in [9.17, 15) is 9.59 Å². The fourth-order valence-corrected chi connectivity index (χ4v) is 2.13. The van der Waals surface area contributed by atoms with Crippen LogP contribution in [0.3, 0.4) is 0 Å². The first-order valence-electron chi connectivity index (χ1n) is 5.03. The van der Waals surface area contributed by atoms with E-state index < -0.39 is 11.9 Å². The van der Waals surface area contributed by atoms with Gasteiger partial charge in [-0.3, -0.25) is 14.5 Å². The van der Waals surface area contributed by atoms with Gasteiger partial charge in [-0.05, 0) is 7.05 Å². The number of rotatable bonds is 7. The molecular formula is C10H14N2O4S. The average Bonchev–Trinajstić information content (AvgIpc) is 2.61. The van der Waals surface area contributed by atoms with Gasteiger partial charge in [0.25, 0.3) is 0 Å². The van der Waals surface area contributed by atoms with E-state index in [1.165, 1.54) is 11.3 Å². The first kappa shape index (κ1) is 13.6. The van der Waals surface area contributed by atoms with Crippen LogP contribution in [0.5, 0.6) is 0 Å². The molecule has 0 unspecified atom stereocenters. The van der Waals surface area contributed by atoms with Crippen molar-refractivity contribution in [1.29, 1.82) is 0 Å². The molecule has 0 atom stereocenters. The minimum atomic E-state index is -0.902. The molecule has 7 heteroatoms. The molecule has 0 aliphatic carbocycles. The molecule has 0 fully saturated rings. The Morgan fingerprint density at radius 2 is 2.12 bits per heavy atom. The zero-order valence-corrected chi connectivity index (χ0v) is 10.2. The van der Waals surface area contributed by atoms with Crippen LogP contribution in [0.25, 0.3) is 0 Å². The molecule has 0 aliphatic rings. The highest BCUT2D eigenvalue weighted by Gasteiger charge is 2.09. The molecule has 94 valence electrons. The smallest absolute Gasteiger partial charge is 0.309 e. The Morgan fingerprint density at radius 1 is 1.41 bits per heavy atom. The lowest BCUT2D eigenvalue weighted by Gasteiger charge is -2.12. The van der Waals surface area contributed by atoms with Gasteiger partial charge in [0, 0.05) is 11.9 Å². The van der Waals surface area contributed by atoms with Crippen molar-refractivity contribution in [2.24, 2.45) is 0 Å². The normalized spacial score (nSPS) is 10.7. The number of thiazole rings is 1. The summed E-state index contributed by atoms with van der Waals surface area (Å²) in [5.74, 6) is -1.73. The lowest BCUT2D eigenvalue weighted by atomic mass is 10.3. The zero-order valence-electron chi connectivity index (χ0n) is 9.42. The van der Waals surface area contributed by atoms with E-state index in [0.717, 1.165) is 5.01 Å². The fourth-order valence-electron chi connectivity index (χ4n) is 1.25. The maximum absolute atomic E-state index is 10.5. The third-order valence-corrected chi connectivity index (χ3v) is 2.93. The predicted octanol–water partition coefficient (Wildman–Crippen LogP) is 0.677. The van der Waals surface area contributed by atoms with Crippen LogP contribution in [0.2, 0.25) is 0 Å². The molecule has 0 aliphatic heterocycles. The Balaban J connectivity index is 2.42. The van der Waals surface area contributed by atoms with Crippen LogP contribution in [0.15, 0.2) is 5.38 Å². The van der Waals surface area contributed by atoms with Gasteiger partial charge < -0.3 is 10.2 Å². The quantitative estimate of drug-likeness (QED) is 0.747. The van der Waals surface area contributed by atoms with Crippen molar-refractivity contribution in [1.82, 2.24) is 9.88 Å². The van der Waals surface area contributed by atoms with Gasteiger partial charge in [-0.15, -0.1) is 11.3 Å². The van der Waals surface area contributed by atoms with Crippen molar-refractivity contribution in [2.45, 2.75) is 19.4 Å². The van der Waals surface area contributed by atoms with Gasteiger partial charge in [0.2, 0.25) is 0 Å². The van der Waals surface area contributed by atoms with E-state index in [1.807, 2.05) is 4.90 Å². The second-order valence-electron chi connectivity index (χ2n) is 3.68. The molecule has 2 N–H and O–H groups in total. The van der Waals surface area contributed by atoms with Crippen LogP contribution in [0.4, 0.5) is 0 Å². The first-order valence-corrected chi connectivity index (χ1v) is 5.90. The van der Waals surface area contributed by atoms with Crippen molar-refractivity contribution >= 4 is 23.3 Å². The monoisotopic (exact) mass is 258 g/mol. The van der Waals surface area contributed by atoms with E-state index in [2.05, 4.69) is 4.98 Å². The molecule has 0 bridgehead atoms. The van der Waals surface area contributed by atoms with Crippen molar-refractivity contribution in [3.8, 4) is 0 Å². The van der Waals surface area contributed by atoms with Crippen LogP contribution in [-0.4, -0.2) is 45.6 Å². The van der Waals surface area contributed by atoms with Crippen molar-refractivity contribution in [3.63, 3.8) is 0 Å². The van der Waals surface area contributed by atoms with Crippen LogP contribution >= 0.6 is 11.3 Å². The standard InChI is InChI=1S/C10H14N2O4S/c1-12(3-2-9(13)14)5-8-11-7(6-17-8)4-10(15)16/h6H,2-5H2,1H3,(H,13,14)(H,15,16). The van der Waals surface area contributed by atoms with Crippen LogP contribution < -0.4 is 0 Å². The highest BCUT2D eigenvalue weighted by molar-refractivity contribution is 7.09. The third-order valence-electron chi connectivity index (χ3n) is 2.04. The number of nitrogens with zero attached hydrogens (tertiary/aromatic N) is 2.